The molecular weight excluding hydrogens is 404 g/mol. The summed E-state index contributed by atoms with van der Waals surface area (Å²) in [5, 5.41) is 3.10. The largest absolute Gasteiger partial charge is 0.355 e. The number of hydrogen-bond donors (Lipinski definition) is 1. The van der Waals surface area contributed by atoms with Gasteiger partial charge in [-0.2, -0.15) is 0 Å². The van der Waals surface area contributed by atoms with E-state index in [4.69, 9.17) is 0 Å². The van der Waals surface area contributed by atoms with E-state index in [1.165, 1.54) is 116 Å². The highest BCUT2D eigenvalue weighted by Gasteiger charge is 2.12. The van der Waals surface area contributed by atoms with E-state index in [0.29, 0.717) is 18.5 Å². The summed E-state index contributed by atoms with van der Waals surface area (Å²) in [6, 6.07) is 1.06. The lowest BCUT2D eigenvalue weighted by molar-refractivity contribution is -0.121. The van der Waals surface area contributed by atoms with Gasteiger partial charge in [0.1, 0.15) is 0 Å². The predicted octanol–water partition coefficient (Wildman–Crippen LogP) is 9.04. The minimum Gasteiger partial charge on any atom is -0.355 e. The first-order valence-electron chi connectivity index (χ1n) is 15.0. The summed E-state index contributed by atoms with van der Waals surface area (Å²) < 4.78 is 0. The maximum absolute atomic E-state index is 12.0. The van der Waals surface area contributed by atoms with E-state index in [-0.39, 0.29) is 5.91 Å². The molecule has 0 rings (SSSR count). The number of carbonyl (C=O) groups is 1. The lowest BCUT2D eigenvalue weighted by Gasteiger charge is -2.30. The Kier molecular flexibility index (Phi) is 24.1. The molecule has 0 bridgehead atoms. The van der Waals surface area contributed by atoms with E-state index in [9.17, 15) is 4.79 Å². The number of nitrogens with zero attached hydrogens (tertiary/aromatic N) is 1. The Morgan fingerprint density at radius 3 is 1.24 bits per heavy atom. The molecule has 0 unspecified atom stereocenters. The van der Waals surface area contributed by atoms with Crippen molar-refractivity contribution in [2.75, 3.05) is 13.1 Å². The topological polar surface area (TPSA) is 32.3 Å². The summed E-state index contributed by atoms with van der Waals surface area (Å²) in [7, 11) is 0. The molecule has 198 valence electrons. The van der Waals surface area contributed by atoms with E-state index in [0.717, 1.165) is 19.5 Å². The first-order valence-corrected chi connectivity index (χ1v) is 15.0. The maximum atomic E-state index is 12.0. The van der Waals surface area contributed by atoms with E-state index < -0.39 is 0 Å². The fraction of sp³-hybridized carbons (Fsp3) is 0.967. The Hall–Kier alpha value is -0.570. The van der Waals surface area contributed by atoms with E-state index in [1.807, 2.05) is 0 Å². The highest BCUT2D eigenvalue weighted by molar-refractivity contribution is 5.75. The van der Waals surface area contributed by atoms with Crippen LogP contribution in [0.5, 0.6) is 0 Å². The summed E-state index contributed by atoms with van der Waals surface area (Å²) in [6.07, 6.45) is 27.1. The Balaban J connectivity index is 3.27. The molecule has 0 heterocycles. The van der Waals surface area contributed by atoms with Crippen molar-refractivity contribution in [1.29, 1.82) is 0 Å². The van der Waals surface area contributed by atoms with Crippen molar-refractivity contribution in [3.63, 3.8) is 0 Å². The van der Waals surface area contributed by atoms with Crippen molar-refractivity contribution in [2.24, 2.45) is 0 Å². The van der Waals surface area contributed by atoms with Gasteiger partial charge < -0.3 is 5.32 Å². The SMILES string of the molecule is CCCCCCCCCCCCCCCCCCCCCC(=O)NCCN(C(C)C)C(C)C. The maximum Gasteiger partial charge on any atom is 0.220 e. The zero-order valence-corrected chi connectivity index (χ0v) is 23.6. The van der Waals surface area contributed by atoms with Crippen molar-refractivity contribution in [2.45, 2.75) is 175 Å². The quantitative estimate of drug-likeness (QED) is 0.136. The molecule has 0 spiro atoms. The average molecular weight is 467 g/mol. The molecule has 0 radical (unpaired) electrons. The van der Waals surface area contributed by atoms with Gasteiger partial charge in [-0.05, 0) is 34.1 Å². The minimum atomic E-state index is 0.231. The van der Waals surface area contributed by atoms with Crippen molar-refractivity contribution in [1.82, 2.24) is 10.2 Å². The third kappa shape index (κ3) is 23.0. The van der Waals surface area contributed by atoms with Crippen LogP contribution in [0.3, 0.4) is 0 Å². The molecule has 0 atom stereocenters. The summed E-state index contributed by atoms with van der Waals surface area (Å²) in [5.74, 6) is 0.231. The van der Waals surface area contributed by atoms with Crippen molar-refractivity contribution in [3.8, 4) is 0 Å². The highest BCUT2D eigenvalue weighted by atomic mass is 16.1. The van der Waals surface area contributed by atoms with Crippen LogP contribution < -0.4 is 5.32 Å². The van der Waals surface area contributed by atoms with Gasteiger partial charge in [0.25, 0.3) is 0 Å². The van der Waals surface area contributed by atoms with E-state index >= 15 is 0 Å². The van der Waals surface area contributed by atoms with Gasteiger partial charge in [-0.25, -0.2) is 0 Å². The smallest absolute Gasteiger partial charge is 0.220 e. The zero-order valence-electron chi connectivity index (χ0n) is 23.6. The number of amides is 1. The Morgan fingerprint density at radius 2 is 0.909 bits per heavy atom. The number of rotatable bonds is 25. The molecule has 0 aromatic heterocycles. The van der Waals surface area contributed by atoms with Crippen molar-refractivity contribution < 1.29 is 4.79 Å². The minimum absolute atomic E-state index is 0.231. The van der Waals surface area contributed by atoms with Crippen LogP contribution in [0.2, 0.25) is 0 Å². The number of carbonyl (C=O) groups excluding carboxylic acids is 1. The third-order valence-corrected chi connectivity index (χ3v) is 7.03. The molecule has 0 saturated heterocycles. The second-order valence-electron chi connectivity index (χ2n) is 10.9. The predicted molar refractivity (Wildman–Crippen MR) is 148 cm³/mol. The second kappa shape index (κ2) is 24.6. The van der Waals surface area contributed by atoms with Crippen LogP contribution >= 0.6 is 0 Å². The Morgan fingerprint density at radius 1 is 0.576 bits per heavy atom. The van der Waals surface area contributed by atoms with Gasteiger partial charge in [0.2, 0.25) is 5.91 Å². The molecule has 33 heavy (non-hydrogen) atoms. The molecule has 0 saturated carbocycles. The summed E-state index contributed by atoms with van der Waals surface area (Å²) in [5.41, 5.74) is 0. The fourth-order valence-corrected chi connectivity index (χ4v) is 4.89. The lowest BCUT2D eigenvalue weighted by Crippen LogP contribution is -2.42. The zero-order chi connectivity index (χ0) is 24.6. The molecule has 0 aliphatic heterocycles. The monoisotopic (exact) mass is 466 g/mol. The number of hydrogen-bond acceptors (Lipinski definition) is 2. The molecule has 3 heteroatoms. The van der Waals surface area contributed by atoms with Crippen LogP contribution in [-0.2, 0) is 4.79 Å². The fourth-order valence-electron chi connectivity index (χ4n) is 4.89. The molecule has 0 aliphatic carbocycles. The summed E-state index contributed by atoms with van der Waals surface area (Å²) in [4.78, 5) is 14.4. The molecule has 1 N–H and O–H groups in total. The van der Waals surface area contributed by atoms with E-state index in [1.54, 1.807) is 0 Å². The highest BCUT2D eigenvalue weighted by Crippen LogP contribution is 2.14. The van der Waals surface area contributed by atoms with Gasteiger partial charge in [-0.15, -0.1) is 0 Å². The number of unbranched alkanes of at least 4 members (excludes halogenated alkanes) is 18. The van der Waals surface area contributed by atoms with E-state index in [2.05, 4.69) is 44.8 Å². The Bertz CT molecular complexity index is 400. The normalized spacial score (nSPS) is 11.8. The van der Waals surface area contributed by atoms with Crippen LogP contribution in [0.25, 0.3) is 0 Å². The van der Waals surface area contributed by atoms with Gasteiger partial charge in [-0.1, -0.05) is 122 Å². The molecule has 0 aromatic carbocycles. The third-order valence-electron chi connectivity index (χ3n) is 7.03. The van der Waals surface area contributed by atoms with Crippen LogP contribution in [0.1, 0.15) is 163 Å². The second-order valence-corrected chi connectivity index (χ2v) is 10.9. The summed E-state index contributed by atoms with van der Waals surface area (Å²) >= 11 is 0. The van der Waals surface area contributed by atoms with Crippen LogP contribution in [0.15, 0.2) is 0 Å². The molecule has 1 amide bonds. The molecule has 0 aliphatic rings. The van der Waals surface area contributed by atoms with Gasteiger partial charge >= 0.3 is 0 Å². The van der Waals surface area contributed by atoms with Gasteiger partial charge in [0, 0.05) is 31.6 Å². The standard InChI is InChI=1S/C30H62N2O/c1-6-7-8-9-10-11-12-13-14-15-16-17-18-19-20-21-22-23-24-25-30(33)31-26-27-32(28(2)3)29(4)5/h28-29H,6-27H2,1-5H3,(H,31,33). The van der Waals surface area contributed by atoms with Crippen molar-refractivity contribution >= 4 is 5.91 Å². The Labute approximate surface area is 209 Å². The molecule has 3 nitrogen and oxygen atoms in total. The average Bonchev–Trinajstić information content (AvgIpc) is 2.77. The van der Waals surface area contributed by atoms with Crippen LogP contribution in [0, 0.1) is 0 Å². The van der Waals surface area contributed by atoms with Crippen LogP contribution in [0.4, 0.5) is 0 Å². The van der Waals surface area contributed by atoms with Gasteiger partial charge in [-0.3, -0.25) is 9.69 Å². The lowest BCUT2D eigenvalue weighted by atomic mass is 10.0. The first kappa shape index (κ1) is 32.4. The summed E-state index contributed by atoms with van der Waals surface area (Å²) in [6.45, 7) is 12.9. The number of nitrogens with one attached hydrogen (secondary N) is 1. The van der Waals surface area contributed by atoms with Gasteiger partial charge in [0.05, 0.1) is 0 Å². The molecule has 0 aromatic rings. The van der Waals surface area contributed by atoms with Crippen LogP contribution in [-0.4, -0.2) is 36.0 Å². The van der Waals surface area contributed by atoms with Gasteiger partial charge in [0.15, 0.2) is 0 Å². The first-order chi connectivity index (χ1) is 16.0. The molecular formula is C30H62N2O. The van der Waals surface area contributed by atoms with Crippen molar-refractivity contribution in [3.05, 3.63) is 0 Å². The molecule has 0 fully saturated rings.